The number of rotatable bonds is 6. The van der Waals surface area contributed by atoms with Crippen molar-refractivity contribution >= 4 is 10.0 Å². The van der Waals surface area contributed by atoms with Crippen LogP contribution in [0.4, 0.5) is 4.39 Å². The molecule has 1 aromatic rings. The molecule has 0 aliphatic heterocycles. The minimum atomic E-state index is -3.80. The first-order valence-corrected chi connectivity index (χ1v) is 6.86. The highest BCUT2D eigenvalue weighted by atomic mass is 32.2. The molecule has 3 N–H and O–H groups in total. The molecule has 1 rings (SSSR count). The van der Waals surface area contributed by atoms with Crippen molar-refractivity contribution in [2.75, 3.05) is 20.3 Å². The Bertz CT molecular complexity index is 505. The molecular formula is C11H17FN2O3S. The number of aryl methyl sites for hydroxylation is 1. The van der Waals surface area contributed by atoms with Gasteiger partial charge in [0, 0.05) is 13.7 Å². The quantitative estimate of drug-likeness (QED) is 0.787. The van der Waals surface area contributed by atoms with Crippen molar-refractivity contribution in [2.45, 2.75) is 17.9 Å². The van der Waals surface area contributed by atoms with Crippen molar-refractivity contribution in [3.8, 4) is 0 Å². The van der Waals surface area contributed by atoms with E-state index >= 15 is 0 Å². The maximum absolute atomic E-state index is 13.1. The summed E-state index contributed by atoms with van der Waals surface area (Å²) >= 11 is 0. The van der Waals surface area contributed by atoms with Gasteiger partial charge in [-0.2, -0.15) is 0 Å². The largest absolute Gasteiger partial charge is 0.383 e. The molecule has 0 aliphatic carbocycles. The summed E-state index contributed by atoms with van der Waals surface area (Å²) in [6.45, 7) is 1.85. The summed E-state index contributed by atoms with van der Waals surface area (Å²) in [5, 5.41) is 0. The predicted octanol–water partition coefficient (Wildman–Crippen LogP) is 0.386. The lowest BCUT2D eigenvalue weighted by Crippen LogP contribution is -2.43. The van der Waals surface area contributed by atoms with Gasteiger partial charge < -0.3 is 10.5 Å². The fourth-order valence-electron chi connectivity index (χ4n) is 1.50. The zero-order valence-electron chi connectivity index (χ0n) is 10.3. The van der Waals surface area contributed by atoms with Crippen LogP contribution in [-0.2, 0) is 14.8 Å². The Balaban J connectivity index is 3.02. The number of methoxy groups -OCH3 is 1. The van der Waals surface area contributed by atoms with Crippen LogP contribution in [0.1, 0.15) is 5.56 Å². The zero-order valence-corrected chi connectivity index (χ0v) is 11.1. The second-order valence-electron chi connectivity index (χ2n) is 3.92. The average Bonchev–Trinajstić information content (AvgIpc) is 2.31. The Hall–Kier alpha value is -1.02. The van der Waals surface area contributed by atoms with Crippen LogP contribution in [0, 0.1) is 12.7 Å². The van der Waals surface area contributed by atoms with Crippen molar-refractivity contribution in [3.05, 3.63) is 29.6 Å². The van der Waals surface area contributed by atoms with Gasteiger partial charge in [0.1, 0.15) is 5.82 Å². The highest BCUT2D eigenvalue weighted by Crippen LogP contribution is 2.16. The maximum atomic E-state index is 13.1. The third kappa shape index (κ3) is 3.74. The SMILES string of the molecule is COCC(CN)NS(=O)(=O)c1cc(F)ccc1C. The zero-order chi connectivity index (χ0) is 13.8. The predicted molar refractivity (Wildman–Crippen MR) is 66.2 cm³/mol. The van der Waals surface area contributed by atoms with Gasteiger partial charge in [-0.25, -0.2) is 17.5 Å². The molecule has 1 unspecified atom stereocenters. The molecule has 5 nitrogen and oxygen atoms in total. The molecule has 1 atom stereocenters. The van der Waals surface area contributed by atoms with Crippen molar-refractivity contribution in [3.63, 3.8) is 0 Å². The Morgan fingerprint density at radius 2 is 2.17 bits per heavy atom. The number of nitrogens with one attached hydrogen (secondary N) is 1. The Morgan fingerprint density at radius 1 is 1.50 bits per heavy atom. The molecule has 7 heteroatoms. The van der Waals surface area contributed by atoms with Gasteiger partial charge in [-0.1, -0.05) is 6.07 Å². The molecule has 0 bridgehead atoms. The van der Waals surface area contributed by atoms with Crippen LogP contribution < -0.4 is 10.5 Å². The first kappa shape index (κ1) is 15.0. The second-order valence-corrected chi connectivity index (χ2v) is 5.60. The average molecular weight is 276 g/mol. The number of ether oxygens (including phenoxy) is 1. The summed E-state index contributed by atoms with van der Waals surface area (Å²) in [5.74, 6) is -0.600. The first-order chi connectivity index (χ1) is 8.40. The van der Waals surface area contributed by atoms with E-state index in [-0.39, 0.29) is 18.0 Å². The molecule has 0 heterocycles. The molecule has 0 aromatic heterocycles. The molecule has 0 radical (unpaired) electrons. The van der Waals surface area contributed by atoms with E-state index in [9.17, 15) is 12.8 Å². The van der Waals surface area contributed by atoms with Gasteiger partial charge in [-0.15, -0.1) is 0 Å². The van der Waals surface area contributed by atoms with E-state index in [4.69, 9.17) is 10.5 Å². The number of sulfonamides is 1. The van der Waals surface area contributed by atoms with Crippen LogP contribution in [0.25, 0.3) is 0 Å². The lowest BCUT2D eigenvalue weighted by atomic mass is 10.2. The Morgan fingerprint density at radius 3 is 2.72 bits per heavy atom. The highest BCUT2D eigenvalue weighted by molar-refractivity contribution is 7.89. The fraction of sp³-hybridized carbons (Fsp3) is 0.455. The molecule has 18 heavy (non-hydrogen) atoms. The van der Waals surface area contributed by atoms with E-state index in [0.717, 1.165) is 6.07 Å². The van der Waals surface area contributed by atoms with Gasteiger partial charge in [0.05, 0.1) is 17.5 Å². The van der Waals surface area contributed by atoms with Crippen LogP contribution in [0.2, 0.25) is 0 Å². The Labute approximate surface area is 106 Å². The second kappa shape index (κ2) is 6.24. The molecule has 0 saturated heterocycles. The molecule has 0 amide bonds. The molecule has 1 aromatic carbocycles. The van der Waals surface area contributed by atoms with Gasteiger partial charge in [0.15, 0.2) is 0 Å². The van der Waals surface area contributed by atoms with E-state index in [1.165, 1.54) is 19.2 Å². The van der Waals surface area contributed by atoms with Crippen molar-refractivity contribution < 1.29 is 17.5 Å². The van der Waals surface area contributed by atoms with Gasteiger partial charge in [-0.05, 0) is 24.6 Å². The minimum absolute atomic E-state index is 0.0861. The van der Waals surface area contributed by atoms with Gasteiger partial charge in [-0.3, -0.25) is 0 Å². The summed E-state index contributed by atoms with van der Waals surface area (Å²) in [4.78, 5) is -0.0861. The normalized spacial score (nSPS) is 13.6. The number of hydrogen-bond acceptors (Lipinski definition) is 4. The summed E-state index contributed by atoms with van der Waals surface area (Å²) in [7, 11) is -2.35. The van der Waals surface area contributed by atoms with E-state index in [2.05, 4.69) is 4.72 Å². The highest BCUT2D eigenvalue weighted by Gasteiger charge is 2.21. The topological polar surface area (TPSA) is 81.4 Å². The summed E-state index contributed by atoms with van der Waals surface area (Å²) in [6.07, 6.45) is 0. The van der Waals surface area contributed by atoms with E-state index in [1.807, 2.05) is 0 Å². The number of benzene rings is 1. The molecule has 0 aliphatic rings. The van der Waals surface area contributed by atoms with Crippen LogP contribution in [0.5, 0.6) is 0 Å². The number of nitrogens with two attached hydrogens (primary N) is 1. The standard InChI is InChI=1S/C11H17FN2O3S/c1-8-3-4-9(12)5-11(8)18(15,16)14-10(6-13)7-17-2/h3-5,10,14H,6-7,13H2,1-2H3. The smallest absolute Gasteiger partial charge is 0.241 e. The molecular weight excluding hydrogens is 259 g/mol. The third-order valence-electron chi connectivity index (χ3n) is 2.41. The van der Waals surface area contributed by atoms with E-state index in [0.29, 0.717) is 5.56 Å². The number of hydrogen-bond donors (Lipinski definition) is 2. The molecule has 0 saturated carbocycles. The van der Waals surface area contributed by atoms with Crippen LogP contribution >= 0.6 is 0 Å². The van der Waals surface area contributed by atoms with Crippen LogP contribution in [0.15, 0.2) is 23.1 Å². The minimum Gasteiger partial charge on any atom is -0.383 e. The van der Waals surface area contributed by atoms with E-state index < -0.39 is 21.9 Å². The summed E-state index contributed by atoms with van der Waals surface area (Å²) < 4.78 is 44.5. The monoisotopic (exact) mass is 276 g/mol. The van der Waals surface area contributed by atoms with Gasteiger partial charge in [0.25, 0.3) is 0 Å². The van der Waals surface area contributed by atoms with E-state index in [1.54, 1.807) is 6.92 Å². The van der Waals surface area contributed by atoms with Crippen LogP contribution in [0.3, 0.4) is 0 Å². The lowest BCUT2D eigenvalue weighted by Gasteiger charge is -2.17. The summed E-state index contributed by atoms with van der Waals surface area (Å²) in [6, 6.07) is 3.07. The van der Waals surface area contributed by atoms with Crippen molar-refractivity contribution in [2.24, 2.45) is 5.73 Å². The van der Waals surface area contributed by atoms with Crippen molar-refractivity contribution in [1.29, 1.82) is 0 Å². The van der Waals surface area contributed by atoms with Gasteiger partial charge >= 0.3 is 0 Å². The maximum Gasteiger partial charge on any atom is 0.241 e. The third-order valence-corrected chi connectivity index (χ3v) is 4.08. The fourth-order valence-corrected chi connectivity index (χ4v) is 2.99. The molecule has 102 valence electrons. The molecule has 0 spiro atoms. The molecule has 0 fully saturated rings. The first-order valence-electron chi connectivity index (χ1n) is 5.38. The van der Waals surface area contributed by atoms with Gasteiger partial charge in [0.2, 0.25) is 10.0 Å². The Kier molecular flexibility index (Phi) is 5.21. The van der Waals surface area contributed by atoms with Crippen LogP contribution in [-0.4, -0.2) is 34.7 Å². The van der Waals surface area contributed by atoms with Crippen molar-refractivity contribution in [1.82, 2.24) is 4.72 Å². The lowest BCUT2D eigenvalue weighted by molar-refractivity contribution is 0.177. The number of halogens is 1. The summed E-state index contributed by atoms with van der Waals surface area (Å²) in [5.41, 5.74) is 5.90.